The minimum Gasteiger partial charge on any atom is -0.437 e. The Labute approximate surface area is 410 Å². The Balaban J connectivity index is 0.00000173. The highest BCUT2D eigenvalue weighted by Gasteiger charge is 2.37. The lowest BCUT2D eigenvalue weighted by atomic mass is 9.78. The summed E-state index contributed by atoms with van der Waals surface area (Å²) in [6.45, 7) is 8.94. The second-order valence-electron chi connectivity index (χ2n) is 15.5. The van der Waals surface area contributed by atoms with Gasteiger partial charge in [0.25, 0.3) is 0 Å². The largest absolute Gasteiger partial charge is 0.437 e. The summed E-state index contributed by atoms with van der Waals surface area (Å²) in [5.74, 6) is 0.810. The molecule has 0 fully saturated rings. The van der Waals surface area contributed by atoms with Gasteiger partial charge in [0.05, 0.1) is 21.5 Å². The fourth-order valence-corrected chi connectivity index (χ4v) is 14.6. The SMILES string of the molecule is C.CC.CC.CN(CCCN)P(=O)(Oc1ccc(C(N)(c2ccc(OP(=O)(c3ccccc3)c3ccccc3)cc2)c2ccc(P(=O)(c3ccccc3)c3ccccc3)cc2)cc1)c1ccccc1. The normalized spacial score (nSPS) is 12.9. The van der Waals surface area contributed by atoms with E-state index in [9.17, 15) is 9.13 Å². The average Bonchev–Trinajstić information content (AvgIpc) is 3.42. The van der Waals surface area contributed by atoms with Crippen molar-refractivity contribution in [3.63, 3.8) is 0 Å². The van der Waals surface area contributed by atoms with Crippen molar-refractivity contribution < 1.29 is 22.7 Å². The van der Waals surface area contributed by atoms with Crippen molar-refractivity contribution in [2.24, 2.45) is 11.5 Å². The van der Waals surface area contributed by atoms with Gasteiger partial charge in [-0.15, -0.1) is 0 Å². The van der Waals surface area contributed by atoms with Gasteiger partial charge in [-0.1, -0.05) is 199 Å². The number of nitrogens with zero attached hydrogens (tertiary/aromatic N) is 1. The minimum absolute atomic E-state index is 0. The van der Waals surface area contributed by atoms with E-state index >= 15 is 4.57 Å². The predicted octanol–water partition coefficient (Wildman–Crippen LogP) is 11.8. The first-order valence-electron chi connectivity index (χ1n) is 23.1. The zero-order valence-corrected chi connectivity index (χ0v) is 42.2. The smallest absolute Gasteiger partial charge is 0.349 e. The van der Waals surface area contributed by atoms with Crippen LogP contribution in [0, 0.1) is 0 Å². The highest BCUT2D eigenvalue weighted by atomic mass is 31.2. The lowest BCUT2D eigenvalue weighted by Crippen LogP contribution is -2.39. The second kappa shape index (κ2) is 25.0. The highest BCUT2D eigenvalue weighted by molar-refractivity contribution is 7.85. The van der Waals surface area contributed by atoms with Gasteiger partial charge in [0, 0.05) is 22.5 Å². The van der Waals surface area contributed by atoms with Gasteiger partial charge in [0.2, 0.25) is 0 Å². The number of hydrogen-bond acceptors (Lipinski definition) is 7. The van der Waals surface area contributed by atoms with Crippen LogP contribution in [0.25, 0.3) is 0 Å². The average molecular weight is 978 g/mol. The third-order valence-electron chi connectivity index (χ3n) is 11.4. The predicted molar refractivity (Wildman–Crippen MR) is 293 cm³/mol. The molecule has 0 aromatic heterocycles. The van der Waals surface area contributed by atoms with Crippen LogP contribution in [0.3, 0.4) is 0 Å². The zero-order valence-electron chi connectivity index (χ0n) is 39.5. The molecule has 0 aliphatic carbocycles. The Morgan fingerprint density at radius 2 is 0.739 bits per heavy atom. The second-order valence-corrected chi connectivity index (χ2v) is 23.0. The molecule has 0 heterocycles. The van der Waals surface area contributed by atoms with Gasteiger partial charge in [-0.25, -0.2) is 4.67 Å². The van der Waals surface area contributed by atoms with Crippen LogP contribution < -0.4 is 52.3 Å². The van der Waals surface area contributed by atoms with Crippen LogP contribution in [0.15, 0.2) is 224 Å². The molecular formula is C58H66N3O5P3. The fraction of sp³-hybridized carbons (Fsp3) is 0.172. The van der Waals surface area contributed by atoms with Crippen molar-refractivity contribution in [2.45, 2.75) is 47.1 Å². The lowest BCUT2D eigenvalue weighted by molar-refractivity contribution is 0.395. The van der Waals surface area contributed by atoms with Crippen LogP contribution in [0.1, 0.15) is 58.2 Å². The quantitative estimate of drug-likeness (QED) is 0.0683. The molecule has 8 aromatic carbocycles. The summed E-state index contributed by atoms with van der Waals surface area (Å²) in [6.07, 6.45) is 0.649. The molecule has 8 rings (SSSR count). The number of benzene rings is 8. The van der Waals surface area contributed by atoms with E-state index in [0.717, 1.165) is 16.2 Å². The van der Waals surface area contributed by atoms with Crippen LogP contribution in [-0.2, 0) is 19.2 Å². The Hall–Kier alpha value is -6.07. The summed E-state index contributed by atoms with van der Waals surface area (Å²) >= 11 is 0. The molecule has 0 amide bonds. The Kier molecular flexibility index (Phi) is 19.5. The molecule has 4 N–H and O–H groups in total. The molecule has 0 bridgehead atoms. The van der Waals surface area contributed by atoms with Crippen molar-refractivity contribution >= 4 is 53.9 Å². The fourth-order valence-electron chi connectivity index (χ4n) is 7.90. The standard InChI is InChI=1S/C53H50N3O5P3.2C2H6.CH4/c1-56(41-17-40-54)64(59,52-26-15-6-16-27-52)61-46-36-30-43(31-37-46)53(55,44-32-38-49(39-33-44)62(57,47-18-7-2-8-19-47)48-20-9-3-10-21-48)42-28-34-45(35-29-42)60-63(58,50-22-11-4-12-23-50)51-24-13-5-14-25-51;2*1-2;/h2-16,18-39H,17,40-41,54-55H2,1H3;2*1-2H3;1H4. The van der Waals surface area contributed by atoms with Crippen molar-refractivity contribution in [3.05, 3.63) is 241 Å². The minimum atomic E-state index is -3.55. The third-order valence-corrected chi connectivity index (χ3v) is 19.4. The number of rotatable bonds is 17. The van der Waals surface area contributed by atoms with E-state index in [2.05, 4.69) is 0 Å². The molecule has 2 unspecified atom stereocenters. The van der Waals surface area contributed by atoms with Crippen molar-refractivity contribution in [3.8, 4) is 11.5 Å². The Bertz CT molecular complexity index is 2820. The maximum Gasteiger partial charge on any atom is 0.349 e. The lowest BCUT2D eigenvalue weighted by Gasteiger charge is -2.33. The molecular weight excluding hydrogens is 912 g/mol. The molecule has 11 heteroatoms. The van der Waals surface area contributed by atoms with E-state index in [0.29, 0.717) is 63.4 Å². The van der Waals surface area contributed by atoms with E-state index in [-0.39, 0.29) is 7.43 Å². The molecule has 0 aliphatic rings. The number of hydrogen-bond donors (Lipinski definition) is 2. The van der Waals surface area contributed by atoms with E-state index in [1.54, 1.807) is 36.0 Å². The van der Waals surface area contributed by atoms with E-state index in [4.69, 9.17) is 20.5 Å². The first kappa shape index (κ1) is 53.9. The van der Waals surface area contributed by atoms with Gasteiger partial charge >= 0.3 is 14.9 Å². The van der Waals surface area contributed by atoms with Crippen LogP contribution in [-0.4, -0.2) is 24.8 Å². The summed E-state index contributed by atoms with van der Waals surface area (Å²) in [5.41, 5.74) is 14.4. The summed E-state index contributed by atoms with van der Waals surface area (Å²) in [5, 5.41) is 3.84. The van der Waals surface area contributed by atoms with Crippen molar-refractivity contribution in [2.75, 3.05) is 20.1 Å². The molecule has 8 aromatic rings. The maximum absolute atomic E-state index is 15.3. The van der Waals surface area contributed by atoms with Crippen LogP contribution in [0.4, 0.5) is 0 Å². The van der Waals surface area contributed by atoms with Crippen molar-refractivity contribution in [1.82, 2.24) is 4.67 Å². The van der Waals surface area contributed by atoms with E-state index in [1.165, 1.54) is 0 Å². The van der Waals surface area contributed by atoms with Gasteiger partial charge in [-0.05, 0) is 97.4 Å². The monoisotopic (exact) mass is 977 g/mol. The summed E-state index contributed by atoms with van der Waals surface area (Å²) < 4.78 is 59.5. The molecule has 0 spiro atoms. The van der Waals surface area contributed by atoms with E-state index in [1.807, 2.05) is 228 Å². The molecule has 69 heavy (non-hydrogen) atoms. The molecule has 8 nitrogen and oxygen atoms in total. The molecule has 2 atom stereocenters. The van der Waals surface area contributed by atoms with Crippen LogP contribution in [0.5, 0.6) is 11.5 Å². The summed E-state index contributed by atoms with van der Waals surface area (Å²) in [7, 11) is -8.59. The maximum atomic E-state index is 15.3. The summed E-state index contributed by atoms with van der Waals surface area (Å²) in [4.78, 5) is 0. The van der Waals surface area contributed by atoms with Gasteiger partial charge < -0.3 is 25.1 Å². The van der Waals surface area contributed by atoms with Gasteiger partial charge in [-0.3, -0.25) is 9.13 Å². The highest BCUT2D eigenvalue weighted by Crippen LogP contribution is 2.50. The topological polar surface area (TPSA) is 125 Å². The number of nitrogens with two attached hydrogens (primary N) is 2. The first-order valence-corrected chi connectivity index (χ1v) is 28.0. The van der Waals surface area contributed by atoms with Gasteiger partial charge in [0.15, 0.2) is 7.14 Å². The Morgan fingerprint density at radius 3 is 1.10 bits per heavy atom. The zero-order chi connectivity index (χ0) is 48.6. The molecule has 358 valence electrons. The van der Waals surface area contributed by atoms with E-state index < -0.39 is 27.6 Å². The summed E-state index contributed by atoms with van der Waals surface area (Å²) in [6, 6.07) is 69.0. The molecule has 0 aliphatic heterocycles. The van der Waals surface area contributed by atoms with Crippen LogP contribution >= 0.6 is 22.0 Å². The van der Waals surface area contributed by atoms with Crippen LogP contribution in [0.2, 0.25) is 0 Å². The first-order chi connectivity index (χ1) is 33.1. The van der Waals surface area contributed by atoms with Crippen molar-refractivity contribution in [1.29, 1.82) is 0 Å². The third kappa shape index (κ3) is 11.7. The molecule has 0 saturated heterocycles. The Morgan fingerprint density at radius 1 is 0.435 bits per heavy atom. The van der Waals surface area contributed by atoms with Gasteiger partial charge in [-0.2, -0.15) is 0 Å². The molecule has 0 saturated carbocycles. The van der Waals surface area contributed by atoms with Gasteiger partial charge in [0.1, 0.15) is 11.5 Å². The molecule has 0 radical (unpaired) electrons.